The van der Waals surface area contributed by atoms with Crippen LogP contribution >= 0.6 is 0 Å². The Hall–Kier alpha value is -2.77. The highest BCUT2D eigenvalue weighted by Crippen LogP contribution is 2.35. The van der Waals surface area contributed by atoms with Crippen LogP contribution in [0.15, 0.2) is 18.2 Å². The Kier molecular flexibility index (Phi) is 5.83. The highest BCUT2D eigenvalue weighted by molar-refractivity contribution is 6.00. The first-order valence-corrected chi connectivity index (χ1v) is 9.20. The third kappa shape index (κ3) is 4.32. The van der Waals surface area contributed by atoms with E-state index in [-0.39, 0.29) is 31.3 Å². The van der Waals surface area contributed by atoms with E-state index < -0.39 is 17.8 Å². The molecule has 0 aromatic heterocycles. The van der Waals surface area contributed by atoms with E-state index in [0.717, 1.165) is 6.42 Å². The second-order valence-electron chi connectivity index (χ2n) is 6.80. The topological polar surface area (TPSA) is 105 Å². The number of anilines is 1. The van der Waals surface area contributed by atoms with E-state index in [1.54, 1.807) is 23.1 Å². The average molecular weight is 376 g/mol. The van der Waals surface area contributed by atoms with Gasteiger partial charge in [0.05, 0.1) is 11.8 Å². The lowest BCUT2D eigenvalue weighted by molar-refractivity contribution is -0.142. The molecule has 3 rings (SSSR count). The lowest BCUT2D eigenvalue weighted by Gasteiger charge is -2.22. The van der Waals surface area contributed by atoms with Gasteiger partial charge in [0.1, 0.15) is 13.2 Å². The van der Waals surface area contributed by atoms with E-state index >= 15 is 0 Å². The number of rotatable bonds is 7. The maximum absolute atomic E-state index is 12.4. The van der Waals surface area contributed by atoms with Crippen LogP contribution in [0.4, 0.5) is 5.69 Å². The Morgan fingerprint density at radius 3 is 2.74 bits per heavy atom. The molecule has 0 bridgehead atoms. The minimum absolute atomic E-state index is 0.0801. The molecule has 2 unspecified atom stereocenters. The molecule has 0 radical (unpaired) electrons. The molecule has 146 valence electrons. The molecular formula is C19H24N2O6. The second-order valence-corrected chi connectivity index (χ2v) is 6.80. The van der Waals surface area contributed by atoms with Crippen molar-refractivity contribution < 1.29 is 29.0 Å². The van der Waals surface area contributed by atoms with Crippen LogP contribution in [0.25, 0.3) is 0 Å². The molecule has 0 aliphatic carbocycles. The predicted molar refractivity (Wildman–Crippen MR) is 96.9 cm³/mol. The lowest BCUT2D eigenvalue weighted by Crippen LogP contribution is -2.37. The summed E-state index contributed by atoms with van der Waals surface area (Å²) in [6.07, 6.45) is 1.33. The quantitative estimate of drug-likeness (QED) is 0.746. The maximum Gasteiger partial charge on any atom is 0.308 e. The summed E-state index contributed by atoms with van der Waals surface area (Å²) < 4.78 is 11.0. The molecular weight excluding hydrogens is 352 g/mol. The first-order chi connectivity index (χ1) is 13.0. The van der Waals surface area contributed by atoms with Gasteiger partial charge in [0.2, 0.25) is 11.8 Å². The van der Waals surface area contributed by atoms with Gasteiger partial charge in [0, 0.05) is 31.3 Å². The molecule has 8 nitrogen and oxygen atoms in total. The Morgan fingerprint density at radius 2 is 2.04 bits per heavy atom. The molecule has 1 fully saturated rings. The van der Waals surface area contributed by atoms with Crippen LogP contribution in [-0.2, 0) is 14.4 Å². The van der Waals surface area contributed by atoms with E-state index in [1.807, 2.05) is 6.92 Å². The summed E-state index contributed by atoms with van der Waals surface area (Å²) in [7, 11) is 0. The number of hydrogen-bond acceptors (Lipinski definition) is 5. The molecule has 27 heavy (non-hydrogen) atoms. The number of amides is 2. The van der Waals surface area contributed by atoms with Crippen molar-refractivity contribution in [1.82, 2.24) is 5.32 Å². The number of hydrogen-bond donors (Lipinski definition) is 2. The number of fused-ring (bicyclic) bond motifs is 1. The van der Waals surface area contributed by atoms with Gasteiger partial charge in [0.15, 0.2) is 11.5 Å². The van der Waals surface area contributed by atoms with Gasteiger partial charge in [-0.15, -0.1) is 0 Å². The number of ether oxygens (including phenoxy) is 2. The van der Waals surface area contributed by atoms with E-state index in [2.05, 4.69) is 5.32 Å². The first kappa shape index (κ1) is 19.0. The normalized spacial score (nSPS) is 19.7. The van der Waals surface area contributed by atoms with Crippen LogP contribution in [0.3, 0.4) is 0 Å². The third-order valence-electron chi connectivity index (χ3n) is 4.84. The minimum Gasteiger partial charge on any atom is -0.486 e. The van der Waals surface area contributed by atoms with Crippen LogP contribution in [0.2, 0.25) is 0 Å². The fourth-order valence-corrected chi connectivity index (χ4v) is 3.36. The number of carbonyl (C=O) groups excluding carboxylic acids is 2. The molecule has 2 heterocycles. The first-order valence-electron chi connectivity index (χ1n) is 9.20. The summed E-state index contributed by atoms with van der Waals surface area (Å²) in [5.74, 6) is -1.23. The second kappa shape index (κ2) is 8.28. The molecule has 1 aromatic rings. The summed E-state index contributed by atoms with van der Waals surface area (Å²) in [6, 6.07) is 5.27. The highest BCUT2D eigenvalue weighted by atomic mass is 16.6. The number of aliphatic carboxylic acids is 1. The third-order valence-corrected chi connectivity index (χ3v) is 4.84. The van der Waals surface area contributed by atoms with E-state index in [4.69, 9.17) is 9.47 Å². The van der Waals surface area contributed by atoms with Crippen LogP contribution in [0.1, 0.15) is 26.2 Å². The average Bonchev–Trinajstić information content (AvgIpc) is 3.06. The zero-order valence-corrected chi connectivity index (χ0v) is 15.3. The van der Waals surface area contributed by atoms with E-state index in [1.165, 1.54) is 0 Å². The van der Waals surface area contributed by atoms with Gasteiger partial charge in [-0.3, -0.25) is 14.4 Å². The molecule has 0 spiro atoms. The van der Waals surface area contributed by atoms with Gasteiger partial charge >= 0.3 is 5.97 Å². The van der Waals surface area contributed by atoms with Crippen molar-refractivity contribution in [3.8, 4) is 11.5 Å². The van der Waals surface area contributed by atoms with Crippen LogP contribution < -0.4 is 19.7 Å². The van der Waals surface area contributed by atoms with Crippen LogP contribution in [0, 0.1) is 11.8 Å². The fourth-order valence-electron chi connectivity index (χ4n) is 3.36. The Balaban J connectivity index is 1.61. The number of carbonyl (C=O) groups is 3. The van der Waals surface area contributed by atoms with Crippen molar-refractivity contribution in [2.24, 2.45) is 11.8 Å². The van der Waals surface area contributed by atoms with Gasteiger partial charge < -0.3 is 24.8 Å². The molecule has 1 saturated heterocycles. The standard InChI is InChI=1S/C19H24N2O6/c1-2-3-12(19(24)25)10-20-18(23)13-8-17(22)21(11-13)14-4-5-15-16(9-14)27-7-6-26-15/h4-5,9,12-13H,2-3,6-8,10-11H2,1H3,(H,20,23)(H,24,25). The number of carboxylic acid groups (broad SMARTS) is 1. The molecule has 0 saturated carbocycles. The van der Waals surface area contributed by atoms with Crippen molar-refractivity contribution in [1.29, 1.82) is 0 Å². The molecule has 2 atom stereocenters. The van der Waals surface area contributed by atoms with Crippen LogP contribution in [-0.4, -0.2) is 49.2 Å². The Bertz CT molecular complexity index is 735. The van der Waals surface area contributed by atoms with Crippen molar-refractivity contribution in [3.63, 3.8) is 0 Å². The largest absolute Gasteiger partial charge is 0.486 e. The summed E-state index contributed by atoms with van der Waals surface area (Å²) in [4.78, 5) is 37.5. The molecule has 2 amide bonds. The fraction of sp³-hybridized carbons (Fsp3) is 0.526. The summed E-state index contributed by atoms with van der Waals surface area (Å²) >= 11 is 0. The monoisotopic (exact) mass is 376 g/mol. The molecule has 2 aliphatic rings. The van der Waals surface area contributed by atoms with Gasteiger partial charge in [0.25, 0.3) is 0 Å². The number of nitrogens with zero attached hydrogens (tertiary/aromatic N) is 1. The summed E-state index contributed by atoms with van der Waals surface area (Å²) in [5.41, 5.74) is 0.661. The van der Waals surface area contributed by atoms with Gasteiger partial charge in [-0.1, -0.05) is 13.3 Å². The minimum atomic E-state index is -0.919. The lowest BCUT2D eigenvalue weighted by atomic mass is 10.0. The molecule has 1 aromatic carbocycles. The van der Waals surface area contributed by atoms with E-state index in [0.29, 0.717) is 36.8 Å². The number of carboxylic acids is 1. The molecule has 8 heteroatoms. The van der Waals surface area contributed by atoms with Crippen molar-refractivity contribution >= 4 is 23.5 Å². The van der Waals surface area contributed by atoms with Crippen LogP contribution in [0.5, 0.6) is 11.5 Å². The van der Waals surface area contributed by atoms with Crippen molar-refractivity contribution in [2.45, 2.75) is 26.2 Å². The number of nitrogens with one attached hydrogen (secondary N) is 1. The van der Waals surface area contributed by atoms with Crippen molar-refractivity contribution in [3.05, 3.63) is 18.2 Å². The SMILES string of the molecule is CCCC(CNC(=O)C1CC(=O)N(c2ccc3c(c2)OCCO3)C1)C(=O)O. The van der Waals surface area contributed by atoms with E-state index in [9.17, 15) is 19.5 Å². The smallest absolute Gasteiger partial charge is 0.308 e. The highest BCUT2D eigenvalue weighted by Gasteiger charge is 2.36. The predicted octanol–water partition coefficient (Wildman–Crippen LogP) is 1.43. The van der Waals surface area contributed by atoms with Gasteiger partial charge in [-0.25, -0.2) is 0 Å². The zero-order valence-electron chi connectivity index (χ0n) is 15.3. The molecule has 2 aliphatic heterocycles. The van der Waals surface area contributed by atoms with Gasteiger partial charge in [-0.2, -0.15) is 0 Å². The zero-order chi connectivity index (χ0) is 19.4. The maximum atomic E-state index is 12.4. The summed E-state index contributed by atoms with van der Waals surface area (Å²) in [5, 5.41) is 11.9. The number of benzene rings is 1. The van der Waals surface area contributed by atoms with Crippen molar-refractivity contribution in [2.75, 3.05) is 31.2 Å². The Morgan fingerprint density at radius 1 is 1.30 bits per heavy atom. The van der Waals surface area contributed by atoms with Gasteiger partial charge in [-0.05, 0) is 18.6 Å². The Labute approximate surface area is 157 Å². The molecule has 2 N–H and O–H groups in total. The summed E-state index contributed by atoms with van der Waals surface area (Å²) in [6.45, 7) is 3.19.